The van der Waals surface area contributed by atoms with E-state index in [0.29, 0.717) is 12.8 Å². The molecule has 0 saturated heterocycles. The number of hydrogen-bond donors (Lipinski definition) is 1. The quantitative estimate of drug-likeness (QED) is 0.547. The first-order valence-corrected chi connectivity index (χ1v) is 4.17. The molecule has 0 aromatic carbocycles. The van der Waals surface area contributed by atoms with Crippen molar-refractivity contribution in [2.24, 2.45) is 11.1 Å². The van der Waals surface area contributed by atoms with Gasteiger partial charge in [-0.25, -0.2) is 0 Å². The Hall–Kier alpha value is -0.420. The third-order valence-electron chi connectivity index (χ3n) is 1.77. The lowest BCUT2D eigenvalue weighted by molar-refractivity contribution is -0.122. The van der Waals surface area contributed by atoms with Gasteiger partial charge >= 0.3 is 0 Å². The number of carbonyl (C=O) groups excluding carboxylic acids is 1. The SMILES string of the molecule is NC(=O)C1(CS(=O)[O-])CC1. The third-order valence-corrected chi connectivity index (χ3v) is 2.56. The Morgan fingerprint density at radius 3 is 2.30 bits per heavy atom. The van der Waals surface area contributed by atoms with Crippen molar-refractivity contribution < 1.29 is 13.6 Å². The van der Waals surface area contributed by atoms with E-state index < -0.39 is 22.4 Å². The number of rotatable bonds is 3. The topological polar surface area (TPSA) is 83.2 Å². The van der Waals surface area contributed by atoms with Crippen LogP contribution in [-0.4, -0.2) is 20.4 Å². The molecule has 5 heteroatoms. The van der Waals surface area contributed by atoms with Gasteiger partial charge in [-0.15, -0.1) is 0 Å². The van der Waals surface area contributed by atoms with Crippen LogP contribution in [0, 0.1) is 5.41 Å². The first-order valence-electron chi connectivity index (χ1n) is 2.93. The standard InChI is InChI=1S/C5H9NO3S/c6-4(7)5(1-2-5)3-10(8)9/h1-3H2,(H2,6,7)(H,8,9)/p-1. The van der Waals surface area contributed by atoms with Crippen molar-refractivity contribution in [3.8, 4) is 0 Å². The molecule has 0 aliphatic heterocycles. The summed E-state index contributed by atoms with van der Waals surface area (Å²) in [6, 6.07) is 0. The van der Waals surface area contributed by atoms with Crippen molar-refractivity contribution >= 4 is 17.0 Å². The molecule has 1 atom stereocenters. The van der Waals surface area contributed by atoms with Crippen molar-refractivity contribution in [2.75, 3.05) is 5.75 Å². The van der Waals surface area contributed by atoms with Crippen LogP contribution in [0.25, 0.3) is 0 Å². The molecule has 1 aliphatic carbocycles. The summed E-state index contributed by atoms with van der Waals surface area (Å²) in [6.45, 7) is 0. The first kappa shape index (κ1) is 7.68. The summed E-state index contributed by atoms with van der Waals surface area (Å²) >= 11 is -2.14. The van der Waals surface area contributed by atoms with Gasteiger partial charge in [-0.2, -0.15) is 0 Å². The van der Waals surface area contributed by atoms with Crippen LogP contribution in [0.5, 0.6) is 0 Å². The first-order chi connectivity index (χ1) is 4.57. The zero-order valence-corrected chi connectivity index (χ0v) is 6.15. The second-order valence-corrected chi connectivity index (χ2v) is 3.49. The van der Waals surface area contributed by atoms with Crippen LogP contribution in [0.15, 0.2) is 0 Å². The Labute approximate surface area is 61.1 Å². The lowest BCUT2D eigenvalue weighted by atomic mass is 10.1. The van der Waals surface area contributed by atoms with Crippen LogP contribution in [0.4, 0.5) is 0 Å². The average molecular weight is 162 g/mol. The van der Waals surface area contributed by atoms with E-state index >= 15 is 0 Å². The highest BCUT2D eigenvalue weighted by Gasteiger charge is 2.48. The maximum absolute atomic E-state index is 10.6. The summed E-state index contributed by atoms with van der Waals surface area (Å²) in [7, 11) is 0. The molecule has 1 saturated carbocycles. The molecule has 0 aromatic heterocycles. The number of amides is 1. The Kier molecular flexibility index (Phi) is 1.78. The zero-order valence-electron chi connectivity index (χ0n) is 5.33. The van der Waals surface area contributed by atoms with E-state index in [4.69, 9.17) is 5.73 Å². The largest absolute Gasteiger partial charge is 0.772 e. The van der Waals surface area contributed by atoms with E-state index in [1.54, 1.807) is 0 Å². The molecule has 1 rings (SSSR count). The van der Waals surface area contributed by atoms with E-state index in [0.717, 1.165) is 0 Å². The van der Waals surface area contributed by atoms with E-state index in [2.05, 4.69) is 0 Å². The van der Waals surface area contributed by atoms with Crippen molar-refractivity contribution in [1.29, 1.82) is 0 Å². The monoisotopic (exact) mass is 162 g/mol. The number of hydrogen-bond acceptors (Lipinski definition) is 3. The van der Waals surface area contributed by atoms with Crippen LogP contribution in [0.3, 0.4) is 0 Å². The molecule has 0 radical (unpaired) electrons. The molecule has 2 N–H and O–H groups in total. The van der Waals surface area contributed by atoms with Gasteiger partial charge in [0.2, 0.25) is 5.91 Å². The minimum absolute atomic E-state index is 0.109. The van der Waals surface area contributed by atoms with Gasteiger partial charge in [0.25, 0.3) is 0 Å². The van der Waals surface area contributed by atoms with E-state index in [-0.39, 0.29) is 5.75 Å². The van der Waals surface area contributed by atoms with E-state index in [1.165, 1.54) is 0 Å². The normalized spacial score (nSPS) is 23.7. The van der Waals surface area contributed by atoms with Gasteiger partial charge in [0, 0.05) is 5.75 Å². The molecule has 4 nitrogen and oxygen atoms in total. The van der Waals surface area contributed by atoms with Crippen molar-refractivity contribution in [3.05, 3.63) is 0 Å². The Bertz CT molecular complexity index is 187. The molecule has 0 aromatic rings. The summed E-state index contributed by atoms with van der Waals surface area (Å²) < 4.78 is 20.3. The second-order valence-electron chi connectivity index (χ2n) is 2.59. The lowest BCUT2D eigenvalue weighted by Gasteiger charge is -2.11. The summed E-state index contributed by atoms with van der Waals surface area (Å²) in [4.78, 5) is 10.6. The summed E-state index contributed by atoms with van der Waals surface area (Å²) in [5.74, 6) is -0.598. The Morgan fingerprint density at radius 1 is 1.70 bits per heavy atom. The molecule has 1 fully saturated rings. The van der Waals surface area contributed by atoms with E-state index in [1.807, 2.05) is 0 Å². The Balaban J connectivity index is 2.53. The smallest absolute Gasteiger partial charge is 0.224 e. The van der Waals surface area contributed by atoms with Gasteiger partial charge in [0.05, 0.1) is 5.41 Å². The lowest BCUT2D eigenvalue weighted by Crippen LogP contribution is -2.29. The highest BCUT2D eigenvalue weighted by molar-refractivity contribution is 7.79. The molecule has 0 spiro atoms. The van der Waals surface area contributed by atoms with Crippen LogP contribution >= 0.6 is 0 Å². The average Bonchev–Trinajstić information content (AvgIpc) is 2.46. The van der Waals surface area contributed by atoms with Gasteiger partial charge in [-0.3, -0.25) is 9.00 Å². The van der Waals surface area contributed by atoms with Crippen LogP contribution in [0.1, 0.15) is 12.8 Å². The summed E-state index contributed by atoms with van der Waals surface area (Å²) in [6.07, 6.45) is 1.24. The fraction of sp³-hybridized carbons (Fsp3) is 0.800. The molecular formula is C5H8NO3S-. The number of primary amides is 1. The molecular weight excluding hydrogens is 154 g/mol. The van der Waals surface area contributed by atoms with Crippen LogP contribution < -0.4 is 5.73 Å². The second kappa shape index (κ2) is 2.32. The highest BCUT2D eigenvalue weighted by Crippen LogP contribution is 2.45. The molecule has 1 amide bonds. The number of carbonyl (C=O) groups is 1. The Morgan fingerprint density at radius 2 is 2.20 bits per heavy atom. The fourth-order valence-corrected chi connectivity index (χ4v) is 1.72. The van der Waals surface area contributed by atoms with Crippen LogP contribution in [-0.2, 0) is 15.9 Å². The molecule has 0 heterocycles. The predicted molar refractivity (Wildman–Crippen MR) is 34.6 cm³/mol. The molecule has 58 valence electrons. The third kappa shape index (κ3) is 1.35. The highest BCUT2D eigenvalue weighted by atomic mass is 32.2. The number of nitrogens with two attached hydrogens (primary N) is 1. The predicted octanol–water partition coefficient (Wildman–Crippen LogP) is -0.869. The maximum atomic E-state index is 10.6. The summed E-state index contributed by atoms with van der Waals surface area (Å²) in [5.41, 5.74) is 4.27. The van der Waals surface area contributed by atoms with Gasteiger partial charge in [0.1, 0.15) is 0 Å². The molecule has 1 unspecified atom stereocenters. The molecule has 1 aliphatic rings. The van der Waals surface area contributed by atoms with Gasteiger partial charge in [-0.1, -0.05) is 11.1 Å². The van der Waals surface area contributed by atoms with Crippen molar-refractivity contribution in [3.63, 3.8) is 0 Å². The van der Waals surface area contributed by atoms with Crippen LogP contribution in [0.2, 0.25) is 0 Å². The van der Waals surface area contributed by atoms with E-state index in [9.17, 15) is 13.6 Å². The minimum atomic E-state index is -2.14. The van der Waals surface area contributed by atoms with Gasteiger partial charge < -0.3 is 10.3 Å². The zero-order chi connectivity index (χ0) is 7.78. The van der Waals surface area contributed by atoms with Gasteiger partial charge in [0.15, 0.2) is 0 Å². The maximum Gasteiger partial charge on any atom is 0.224 e. The summed E-state index contributed by atoms with van der Waals surface area (Å²) in [5, 5.41) is 0. The van der Waals surface area contributed by atoms with Gasteiger partial charge in [-0.05, 0) is 12.8 Å². The fourth-order valence-electron chi connectivity index (χ4n) is 0.838. The molecule has 10 heavy (non-hydrogen) atoms. The van der Waals surface area contributed by atoms with Crippen molar-refractivity contribution in [2.45, 2.75) is 12.8 Å². The minimum Gasteiger partial charge on any atom is -0.772 e. The van der Waals surface area contributed by atoms with Crippen molar-refractivity contribution in [1.82, 2.24) is 0 Å². The molecule has 0 bridgehead atoms.